The number of anilines is 1. The quantitative estimate of drug-likeness (QED) is 0.885. The van der Waals surface area contributed by atoms with Gasteiger partial charge in [-0.25, -0.2) is 14.8 Å². The number of methoxy groups -OCH3 is 1. The molecular weight excluding hydrogens is 258 g/mol. The van der Waals surface area contributed by atoms with Crippen LogP contribution in [0.4, 0.5) is 5.82 Å². The van der Waals surface area contributed by atoms with Gasteiger partial charge in [0.15, 0.2) is 0 Å². The molecule has 1 aromatic carbocycles. The predicted octanol–water partition coefficient (Wildman–Crippen LogP) is 1.92. The summed E-state index contributed by atoms with van der Waals surface area (Å²) in [6.07, 6.45) is 2.08. The van der Waals surface area contributed by atoms with Crippen molar-refractivity contribution >= 4 is 22.7 Å². The first-order valence-electron chi connectivity index (χ1n) is 6.47. The number of hydrogen-bond acceptors (Lipinski definition) is 5. The highest BCUT2D eigenvalue weighted by molar-refractivity contribution is 5.93. The van der Waals surface area contributed by atoms with Gasteiger partial charge in [-0.15, -0.1) is 0 Å². The Hall–Kier alpha value is -2.21. The average molecular weight is 273 g/mol. The lowest BCUT2D eigenvalue weighted by Crippen LogP contribution is -2.40. The number of carboxylic acid groups (broad SMARTS) is 1. The van der Waals surface area contributed by atoms with Crippen LogP contribution in [0.3, 0.4) is 0 Å². The van der Waals surface area contributed by atoms with Crippen LogP contribution >= 0.6 is 0 Å². The highest BCUT2D eigenvalue weighted by atomic mass is 16.5. The number of rotatable bonds is 4. The van der Waals surface area contributed by atoms with Gasteiger partial charge in [-0.05, 0) is 25.0 Å². The summed E-state index contributed by atoms with van der Waals surface area (Å²) in [4.78, 5) is 19.2. The first-order chi connectivity index (χ1) is 9.67. The summed E-state index contributed by atoms with van der Waals surface area (Å²) in [5.74, 6) is -0.733. The maximum Gasteiger partial charge on any atom is 0.374 e. The van der Waals surface area contributed by atoms with Crippen LogP contribution in [0, 0.1) is 0 Å². The number of nitrogens with one attached hydrogen (secondary N) is 1. The smallest absolute Gasteiger partial charge is 0.374 e. The van der Waals surface area contributed by atoms with Crippen LogP contribution in [-0.4, -0.2) is 40.3 Å². The largest absolute Gasteiger partial charge is 0.475 e. The zero-order chi connectivity index (χ0) is 14.1. The number of carboxylic acids is 1. The van der Waals surface area contributed by atoms with E-state index in [1.54, 1.807) is 13.2 Å². The Morgan fingerprint density at radius 3 is 2.80 bits per heavy atom. The van der Waals surface area contributed by atoms with Gasteiger partial charge in [0.25, 0.3) is 0 Å². The molecule has 3 rings (SSSR count). The van der Waals surface area contributed by atoms with Crippen molar-refractivity contribution in [1.29, 1.82) is 0 Å². The van der Waals surface area contributed by atoms with Crippen LogP contribution in [0.5, 0.6) is 0 Å². The highest BCUT2D eigenvalue weighted by Crippen LogP contribution is 2.28. The molecule has 1 fully saturated rings. The second-order valence-corrected chi connectivity index (χ2v) is 4.89. The zero-order valence-electron chi connectivity index (χ0n) is 11.0. The Kier molecular flexibility index (Phi) is 3.23. The molecule has 2 N–H and O–H groups in total. The van der Waals surface area contributed by atoms with Gasteiger partial charge < -0.3 is 15.2 Å². The van der Waals surface area contributed by atoms with Gasteiger partial charge in [0.05, 0.1) is 11.6 Å². The van der Waals surface area contributed by atoms with E-state index in [9.17, 15) is 4.79 Å². The van der Waals surface area contributed by atoms with E-state index < -0.39 is 5.97 Å². The molecule has 1 aliphatic rings. The summed E-state index contributed by atoms with van der Waals surface area (Å²) >= 11 is 0. The van der Waals surface area contributed by atoms with Gasteiger partial charge in [0.1, 0.15) is 5.82 Å². The van der Waals surface area contributed by atoms with E-state index in [-0.39, 0.29) is 18.0 Å². The Morgan fingerprint density at radius 2 is 2.10 bits per heavy atom. The van der Waals surface area contributed by atoms with Crippen molar-refractivity contribution in [1.82, 2.24) is 9.97 Å². The Bertz CT molecular complexity index is 653. The van der Waals surface area contributed by atoms with E-state index in [0.29, 0.717) is 11.3 Å². The SMILES string of the molecule is COC1CC(Nc2nc(C(=O)O)nc3ccccc23)C1. The fourth-order valence-corrected chi connectivity index (χ4v) is 2.35. The summed E-state index contributed by atoms with van der Waals surface area (Å²) in [6.45, 7) is 0. The van der Waals surface area contributed by atoms with Crippen LogP contribution < -0.4 is 5.32 Å². The third-order valence-corrected chi connectivity index (χ3v) is 3.56. The highest BCUT2D eigenvalue weighted by Gasteiger charge is 2.29. The summed E-state index contributed by atoms with van der Waals surface area (Å²) in [5, 5.41) is 13.2. The van der Waals surface area contributed by atoms with Crippen LogP contribution in [0.2, 0.25) is 0 Å². The minimum Gasteiger partial charge on any atom is -0.475 e. The van der Waals surface area contributed by atoms with E-state index in [1.165, 1.54) is 0 Å². The molecule has 1 aromatic heterocycles. The van der Waals surface area contributed by atoms with E-state index in [0.717, 1.165) is 18.2 Å². The van der Waals surface area contributed by atoms with Gasteiger partial charge in [0, 0.05) is 18.5 Å². The standard InChI is InChI=1S/C14H15N3O3/c1-20-9-6-8(7-9)15-12-10-4-2-3-5-11(10)16-13(17-12)14(18)19/h2-5,8-9H,6-7H2,1H3,(H,18,19)(H,15,16,17). The lowest BCUT2D eigenvalue weighted by atomic mass is 9.89. The molecule has 0 aliphatic heterocycles. The molecule has 20 heavy (non-hydrogen) atoms. The number of nitrogens with zero attached hydrogens (tertiary/aromatic N) is 2. The fourth-order valence-electron chi connectivity index (χ4n) is 2.35. The molecule has 1 aliphatic carbocycles. The van der Waals surface area contributed by atoms with Crippen LogP contribution in [-0.2, 0) is 4.74 Å². The summed E-state index contributed by atoms with van der Waals surface area (Å²) < 4.78 is 5.24. The number of para-hydroxylation sites is 1. The van der Waals surface area contributed by atoms with Gasteiger partial charge in [-0.2, -0.15) is 0 Å². The van der Waals surface area contributed by atoms with Crippen molar-refractivity contribution < 1.29 is 14.6 Å². The van der Waals surface area contributed by atoms with Crippen LogP contribution in [0.25, 0.3) is 10.9 Å². The normalized spacial score (nSPS) is 21.4. The van der Waals surface area contributed by atoms with E-state index in [1.807, 2.05) is 18.2 Å². The minimum atomic E-state index is -1.12. The Morgan fingerprint density at radius 1 is 1.35 bits per heavy atom. The zero-order valence-corrected chi connectivity index (χ0v) is 11.0. The second kappa shape index (κ2) is 5.05. The summed E-state index contributed by atoms with van der Waals surface area (Å²) in [5.41, 5.74) is 0.630. The maximum absolute atomic E-state index is 11.1. The first-order valence-corrected chi connectivity index (χ1v) is 6.47. The monoisotopic (exact) mass is 273 g/mol. The Labute approximate surface area is 115 Å². The van der Waals surface area contributed by atoms with Crippen molar-refractivity contribution in [2.45, 2.75) is 25.0 Å². The topological polar surface area (TPSA) is 84.3 Å². The third-order valence-electron chi connectivity index (χ3n) is 3.56. The Balaban J connectivity index is 1.93. The van der Waals surface area contributed by atoms with Crippen LogP contribution in [0.15, 0.2) is 24.3 Å². The van der Waals surface area contributed by atoms with Crippen LogP contribution in [0.1, 0.15) is 23.5 Å². The van der Waals surface area contributed by atoms with E-state index >= 15 is 0 Å². The number of fused-ring (bicyclic) bond motifs is 1. The average Bonchev–Trinajstić information content (AvgIpc) is 2.41. The van der Waals surface area contributed by atoms with E-state index in [4.69, 9.17) is 9.84 Å². The molecule has 1 saturated carbocycles. The number of hydrogen-bond donors (Lipinski definition) is 2. The van der Waals surface area contributed by atoms with Crippen molar-refractivity contribution in [3.63, 3.8) is 0 Å². The molecule has 0 atom stereocenters. The molecule has 0 bridgehead atoms. The van der Waals surface area contributed by atoms with E-state index in [2.05, 4.69) is 15.3 Å². The molecule has 6 nitrogen and oxygen atoms in total. The first kappa shape index (κ1) is 12.8. The van der Waals surface area contributed by atoms with Crippen molar-refractivity contribution in [2.75, 3.05) is 12.4 Å². The number of aromatic carboxylic acids is 1. The molecule has 1 heterocycles. The number of carbonyl (C=O) groups is 1. The predicted molar refractivity (Wildman–Crippen MR) is 73.9 cm³/mol. The van der Waals surface area contributed by atoms with Gasteiger partial charge in [-0.1, -0.05) is 12.1 Å². The molecule has 0 saturated heterocycles. The minimum absolute atomic E-state index is 0.186. The molecular formula is C14H15N3O3. The number of ether oxygens (including phenoxy) is 1. The molecule has 2 aromatic rings. The lowest BCUT2D eigenvalue weighted by molar-refractivity contribution is 0.0328. The summed E-state index contributed by atoms with van der Waals surface area (Å²) in [6, 6.07) is 7.65. The van der Waals surface area contributed by atoms with Crippen molar-refractivity contribution in [3.05, 3.63) is 30.1 Å². The molecule has 0 radical (unpaired) electrons. The van der Waals surface area contributed by atoms with Gasteiger partial charge >= 0.3 is 5.97 Å². The second-order valence-electron chi connectivity index (χ2n) is 4.89. The molecule has 0 amide bonds. The van der Waals surface area contributed by atoms with Crippen molar-refractivity contribution in [3.8, 4) is 0 Å². The van der Waals surface area contributed by atoms with Gasteiger partial charge in [-0.3, -0.25) is 0 Å². The third kappa shape index (κ3) is 2.30. The maximum atomic E-state index is 11.1. The van der Waals surface area contributed by atoms with Crippen molar-refractivity contribution in [2.24, 2.45) is 0 Å². The summed E-state index contributed by atoms with van der Waals surface area (Å²) in [7, 11) is 1.70. The molecule has 0 spiro atoms. The molecule has 0 unspecified atom stereocenters. The lowest BCUT2D eigenvalue weighted by Gasteiger charge is -2.35. The number of aromatic nitrogens is 2. The molecule has 6 heteroatoms. The fraction of sp³-hybridized carbons (Fsp3) is 0.357. The van der Waals surface area contributed by atoms with Gasteiger partial charge in [0.2, 0.25) is 5.82 Å². The number of benzene rings is 1. The molecule has 104 valence electrons.